The van der Waals surface area contributed by atoms with E-state index in [1.54, 1.807) is 20.9 Å². The van der Waals surface area contributed by atoms with Crippen LogP contribution in [0.5, 0.6) is 0 Å². The number of nitrogens with zero attached hydrogens (tertiary/aromatic N) is 2. The van der Waals surface area contributed by atoms with Crippen LogP contribution in [0.1, 0.15) is 26.7 Å². The van der Waals surface area contributed by atoms with E-state index in [1.165, 1.54) is 0 Å². The number of hydrogen-bond donors (Lipinski definition) is 2. The summed E-state index contributed by atoms with van der Waals surface area (Å²) in [5.41, 5.74) is 0. The van der Waals surface area contributed by atoms with E-state index in [-0.39, 0.29) is 18.2 Å². The smallest absolute Gasteiger partial charge is 0.239 e. The lowest BCUT2D eigenvalue weighted by atomic mass is 10.2. The zero-order valence-corrected chi connectivity index (χ0v) is 13.7. The third-order valence-electron chi connectivity index (χ3n) is 3.90. The highest BCUT2D eigenvalue weighted by Gasteiger charge is 2.41. The lowest BCUT2D eigenvalue weighted by Crippen LogP contribution is -2.58. The van der Waals surface area contributed by atoms with Crippen LogP contribution in [0.4, 0.5) is 0 Å². The van der Waals surface area contributed by atoms with Crippen LogP contribution in [0.2, 0.25) is 0 Å². The summed E-state index contributed by atoms with van der Waals surface area (Å²) in [6.07, 6.45) is 2.11. The van der Waals surface area contributed by atoms with Crippen LogP contribution in [-0.2, 0) is 14.6 Å². The van der Waals surface area contributed by atoms with Crippen molar-refractivity contribution in [1.29, 1.82) is 0 Å². The third kappa shape index (κ3) is 3.87. The van der Waals surface area contributed by atoms with Gasteiger partial charge in [0.25, 0.3) is 0 Å². The molecule has 2 fully saturated rings. The number of aliphatic imine (C=N–C) groups is 1. The van der Waals surface area contributed by atoms with Crippen LogP contribution >= 0.6 is 0 Å². The van der Waals surface area contributed by atoms with Crippen LogP contribution in [0, 0.1) is 0 Å². The minimum absolute atomic E-state index is 0.0532. The van der Waals surface area contributed by atoms with Gasteiger partial charge in [-0.2, -0.15) is 0 Å². The van der Waals surface area contributed by atoms with Gasteiger partial charge in [-0.3, -0.25) is 9.79 Å². The fourth-order valence-corrected chi connectivity index (χ4v) is 3.69. The highest BCUT2D eigenvalue weighted by molar-refractivity contribution is 7.92. The van der Waals surface area contributed by atoms with Crippen LogP contribution < -0.4 is 10.6 Å². The van der Waals surface area contributed by atoms with E-state index >= 15 is 0 Å². The average molecular weight is 316 g/mol. The number of carbonyl (C=O) groups excluding carboxylic acids is 1. The molecule has 0 aromatic rings. The summed E-state index contributed by atoms with van der Waals surface area (Å²) in [5.74, 6) is 0.626. The van der Waals surface area contributed by atoms with E-state index < -0.39 is 14.6 Å². The molecule has 7 nitrogen and oxygen atoms in total. The van der Waals surface area contributed by atoms with E-state index in [9.17, 15) is 13.2 Å². The Morgan fingerprint density at radius 3 is 2.57 bits per heavy atom. The van der Waals surface area contributed by atoms with Gasteiger partial charge in [0.2, 0.25) is 5.91 Å². The quantitative estimate of drug-likeness (QED) is 0.533. The first-order chi connectivity index (χ1) is 9.75. The lowest BCUT2D eigenvalue weighted by molar-refractivity contribution is -0.120. The molecule has 0 bridgehead atoms. The second kappa shape index (κ2) is 5.82. The Morgan fingerprint density at radius 1 is 1.38 bits per heavy atom. The summed E-state index contributed by atoms with van der Waals surface area (Å²) in [7, 11) is -1.44. The number of guanidine groups is 1. The predicted octanol–water partition coefficient (Wildman–Crippen LogP) is -0.651. The molecule has 1 aliphatic heterocycles. The Kier molecular flexibility index (Phi) is 4.46. The van der Waals surface area contributed by atoms with Crippen molar-refractivity contribution in [3.05, 3.63) is 0 Å². The molecule has 2 aliphatic rings. The number of rotatable bonds is 3. The third-order valence-corrected chi connectivity index (χ3v) is 6.44. The summed E-state index contributed by atoms with van der Waals surface area (Å²) >= 11 is 0. The number of sulfone groups is 1. The van der Waals surface area contributed by atoms with Crippen molar-refractivity contribution >= 4 is 21.7 Å². The first kappa shape index (κ1) is 16.1. The van der Waals surface area contributed by atoms with Crippen molar-refractivity contribution in [2.45, 2.75) is 37.5 Å². The predicted molar refractivity (Wildman–Crippen MR) is 82.0 cm³/mol. The molecule has 21 heavy (non-hydrogen) atoms. The molecule has 8 heteroatoms. The zero-order valence-electron chi connectivity index (χ0n) is 12.8. The number of carbonyl (C=O) groups is 1. The van der Waals surface area contributed by atoms with Gasteiger partial charge >= 0.3 is 0 Å². The van der Waals surface area contributed by atoms with Crippen LogP contribution in [0.25, 0.3) is 0 Å². The van der Waals surface area contributed by atoms with Gasteiger partial charge in [-0.15, -0.1) is 0 Å². The maximum absolute atomic E-state index is 12.0. The summed E-state index contributed by atoms with van der Waals surface area (Å²) in [6, 6.07) is 0.334. The van der Waals surface area contributed by atoms with Gasteiger partial charge in [0.05, 0.1) is 17.0 Å². The van der Waals surface area contributed by atoms with E-state index in [1.807, 2.05) is 4.90 Å². The highest BCUT2D eigenvalue weighted by Crippen LogP contribution is 2.23. The monoisotopic (exact) mass is 316 g/mol. The van der Waals surface area contributed by atoms with Gasteiger partial charge in [0, 0.05) is 26.2 Å². The normalized spacial score (nSPS) is 24.5. The molecule has 120 valence electrons. The van der Waals surface area contributed by atoms with Crippen molar-refractivity contribution < 1.29 is 13.2 Å². The Labute approximate surface area is 126 Å². The van der Waals surface area contributed by atoms with Crippen LogP contribution in [0.15, 0.2) is 4.99 Å². The standard InChI is InChI=1S/C13H24N4O3S/c1-13(2)9-17(6-7-21(13,19)20)12(14-3)15-8-11(18)16-10-4-5-10/h10H,4-9H2,1-3H3,(H,14,15)(H,16,18). The van der Waals surface area contributed by atoms with Gasteiger partial charge in [0.1, 0.15) is 0 Å². The van der Waals surface area contributed by atoms with Crippen molar-refractivity contribution in [2.75, 3.05) is 32.4 Å². The second-order valence-electron chi connectivity index (χ2n) is 6.24. The van der Waals surface area contributed by atoms with Gasteiger partial charge in [-0.1, -0.05) is 0 Å². The molecular weight excluding hydrogens is 292 g/mol. The number of hydrogen-bond acceptors (Lipinski definition) is 4. The molecule has 1 saturated carbocycles. The molecule has 0 aromatic carbocycles. The largest absolute Gasteiger partial charge is 0.352 e. The van der Waals surface area contributed by atoms with Gasteiger partial charge in [0.15, 0.2) is 15.8 Å². The molecule has 2 N–H and O–H groups in total. The van der Waals surface area contributed by atoms with E-state index in [0.29, 0.717) is 25.1 Å². The van der Waals surface area contributed by atoms with Crippen LogP contribution in [0.3, 0.4) is 0 Å². The fraction of sp³-hybridized carbons (Fsp3) is 0.846. The van der Waals surface area contributed by atoms with E-state index in [2.05, 4.69) is 15.6 Å². The molecule has 1 amide bonds. The van der Waals surface area contributed by atoms with Gasteiger partial charge in [-0.05, 0) is 26.7 Å². The Morgan fingerprint density at radius 2 is 2.05 bits per heavy atom. The maximum atomic E-state index is 12.0. The summed E-state index contributed by atoms with van der Waals surface area (Å²) in [5, 5.41) is 5.90. The molecular formula is C13H24N4O3S. The summed E-state index contributed by atoms with van der Waals surface area (Å²) in [6.45, 7) is 4.38. The zero-order chi connectivity index (χ0) is 15.7. The number of amides is 1. The van der Waals surface area contributed by atoms with Gasteiger partial charge < -0.3 is 15.5 Å². The average Bonchev–Trinajstić information content (AvgIpc) is 3.18. The molecule has 0 radical (unpaired) electrons. The molecule has 0 atom stereocenters. The maximum Gasteiger partial charge on any atom is 0.239 e. The van der Waals surface area contributed by atoms with Crippen molar-refractivity contribution in [2.24, 2.45) is 4.99 Å². The Balaban J connectivity index is 1.91. The molecule has 1 heterocycles. The highest BCUT2D eigenvalue weighted by atomic mass is 32.2. The molecule has 1 aliphatic carbocycles. The molecule has 0 unspecified atom stereocenters. The molecule has 0 spiro atoms. The fourth-order valence-electron chi connectivity index (χ4n) is 2.32. The lowest BCUT2D eigenvalue weighted by Gasteiger charge is -2.39. The van der Waals surface area contributed by atoms with E-state index in [0.717, 1.165) is 12.8 Å². The second-order valence-corrected chi connectivity index (χ2v) is 8.99. The van der Waals surface area contributed by atoms with Crippen molar-refractivity contribution in [1.82, 2.24) is 15.5 Å². The van der Waals surface area contributed by atoms with Gasteiger partial charge in [-0.25, -0.2) is 8.42 Å². The minimum Gasteiger partial charge on any atom is -0.352 e. The number of nitrogens with one attached hydrogen (secondary N) is 2. The summed E-state index contributed by atoms with van der Waals surface area (Å²) in [4.78, 5) is 17.7. The minimum atomic E-state index is -3.08. The molecule has 1 saturated heterocycles. The Bertz CT molecular complexity index is 538. The Hall–Kier alpha value is -1.31. The first-order valence-electron chi connectivity index (χ1n) is 7.22. The SMILES string of the molecule is CN=C(NCC(=O)NC1CC1)N1CCS(=O)(=O)C(C)(C)C1. The van der Waals surface area contributed by atoms with Crippen molar-refractivity contribution in [3.63, 3.8) is 0 Å². The summed E-state index contributed by atoms with van der Waals surface area (Å²) < 4.78 is 23.2. The van der Waals surface area contributed by atoms with Crippen LogP contribution in [-0.4, -0.2) is 68.4 Å². The molecule has 0 aromatic heterocycles. The molecule has 2 rings (SSSR count). The van der Waals surface area contributed by atoms with Crippen molar-refractivity contribution in [3.8, 4) is 0 Å². The van der Waals surface area contributed by atoms with E-state index in [4.69, 9.17) is 0 Å². The first-order valence-corrected chi connectivity index (χ1v) is 8.88. The topological polar surface area (TPSA) is 90.9 Å².